The smallest absolute Gasteiger partial charge is 0.389 e. The molecule has 160 valence electrons. The molecule has 0 saturated carbocycles. The van der Waals surface area contributed by atoms with E-state index >= 15 is 0 Å². The number of halogens is 4. The molecule has 12 heteroatoms. The number of thiazole rings is 1. The van der Waals surface area contributed by atoms with Gasteiger partial charge in [-0.2, -0.15) is 17.9 Å². The van der Waals surface area contributed by atoms with Crippen molar-refractivity contribution in [2.24, 2.45) is 0 Å². The summed E-state index contributed by atoms with van der Waals surface area (Å²) < 4.78 is 48.9. The molecule has 6 nitrogen and oxygen atoms in total. The zero-order chi connectivity index (χ0) is 21.6. The van der Waals surface area contributed by atoms with Crippen LogP contribution in [0.5, 0.6) is 0 Å². The maximum Gasteiger partial charge on any atom is 0.389 e. The molecule has 0 aliphatic carbocycles. The Labute approximate surface area is 178 Å². The summed E-state index contributed by atoms with van der Waals surface area (Å²) in [5.41, 5.74) is 0.551. The van der Waals surface area contributed by atoms with Crippen LogP contribution < -0.4 is 9.63 Å². The number of hydrogen-bond acceptors (Lipinski definition) is 5. The molecular formula is C17H19ClF3N3O3S2. The number of carbonyl (C=O) groups excluding carboxylic acids is 1. The molecule has 1 atom stereocenters. The molecule has 2 rings (SSSR count). The van der Waals surface area contributed by atoms with E-state index in [4.69, 9.17) is 11.6 Å². The summed E-state index contributed by atoms with van der Waals surface area (Å²) in [5.74, 6) is -0.473. The first-order valence-electron chi connectivity index (χ1n) is 8.68. The molecule has 2 heterocycles. The number of pyridine rings is 1. The summed E-state index contributed by atoms with van der Waals surface area (Å²) in [6.45, 7) is 2.03. The van der Waals surface area contributed by atoms with Crippen molar-refractivity contribution in [3.05, 3.63) is 34.9 Å². The average Bonchev–Trinajstić information content (AvgIpc) is 3.01. The van der Waals surface area contributed by atoms with Crippen LogP contribution in [0, 0.1) is 5.21 Å². The lowest BCUT2D eigenvalue weighted by molar-refractivity contribution is -0.604. The Morgan fingerprint density at radius 3 is 2.76 bits per heavy atom. The highest BCUT2D eigenvalue weighted by Gasteiger charge is 2.28. The molecule has 0 bridgehead atoms. The lowest BCUT2D eigenvalue weighted by atomic mass is 10.3. The molecule has 0 saturated heterocycles. The normalized spacial score (nSPS) is 12.8. The van der Waals surface area contributed by atoms with Crippen LogP contribution in [0.3, 0.4) is 0 Å². The second kappa shape index (κ2) is 10.5. The van der Waals surface area contributed by atoms with Gasteiger partial charge in [0.2, 0.25) is 5.91 Å². The van der Waals surface area contributed by atoms with Crippen molar-refractivity contribution in [3.8, 4) is 10.6 Å². The van der Waals surface area contributed by atoms with Gasteiger partial charge in [-0.1, -0.05) is 34.1 Å². The lowest BCUT2D eigenvalue weighted by Gasteiger charge is -2.19. The van der Waals surface area contributed by atoms with Crippen molar-refractivity contribution in [2.45, 2.75) is 32.4 Å². The van der Waals surface area contributed by atoms with Crippen LogP contribution in [0.15, 0.2) is 24.5 Å². The molecule has 2 aromatic rings. The van der Waals surface area contributed by atoms with Gasteiger partial charge in [-0.05, 0) is 13.0 Å². The predicted octanol–water partition coefficient (Wildman–Crippen LogP) is 3.93. The largest absolute Gasteiger partial charge is 0.619 e. The van der Waals surface area contributed by atoms with Gasteiger partial charge in [0.1, 0.15) is 21.5 Å². The number of carbonyl (C=O) groups is 1. The van der Waals surface area contributed by atoms with Crippen molar-refractivity contribution < 1.29 is 27.2 Å². The highest BCUT2D eigenvalue weighted by atomic mass is 35.5. The Kier molecular flexibility index (Phi) is 8.56. The predicted molar refractivity (Wildman–Crippen MR) is 107 cm³/mol. The van der Waals surface area contributed by atoms with Crippen LogP contribution in [0.25, 0.3) is 10.6 Å². The average molecular weight is 470 g/mol. The van der Waals surface area contributed by atoms with E-state index in [1.807, 2.05) is 0 Å². The highest BCUT2D eigenvalue weighted by Crippen LogP contribution is 2.37. The van der Waals surface area contributed by atoms with E-state index in [0.29, 0.717) is 20.3 Å². The molecule has 0 aliphatic rings. The molecule has 0 fully saturated rings. The van der Waals surface area contributed by atoms with Gasteiger partial charge in [-0.15, -0.1) is 0 Å². The first kappa shape index (κ1) is 23.7. The van der Waals surface area contributed by atoms with Crippen molar-refractivity contribution in [2.75, 3.05) is 23.0 Å². The van der Waals surface area contributed by atoms with Crippen LogP contribution in [-0.4, -0.2) is 39.7 Å². The van der Waals surface area contributed by atoms with E-state index in [0.717, 1.165) is 11.3 Å². The third-order valence-electron chi connectivity index (χ3n) is 3.83. The van der Waals surface area contributed by atoms with Crippen LogP contribution in [0.1, 0.15) is 26.2 Å². The Hall–Kier alpha value is -1.56. The van der Waals surface area contributed by atoms with E-state index in [1.54, 1.807) is 19.1 Å². The molecule has 0 N–H and O–H groups in total. The molecule has 2 aromatic heterocycles. The molecule has 0 aliphatic heterocycles. The van der Waals surface area contributed by atoms with E-state index in [9.17, 15) is 27.7 Å². The third-order valence-corrected chi connectivity index (χ3v) is 6.74. The van der Waals surface area contributed by atoms with Crippen molar-refractivity contribution in [1.29, 1.82) is 0 Å². The summed E-state index contributed by atoms with van der Waals surface area (Å²) in [6.07, 6.45) is -2.92. The summed E-state index contributed by atoms with van der Waals surface area (Å²) in [5, 5.41) is 12.4. The van der Waals surface area contributed by atoms with Gasteiger partial charge in [0.05, 0.1) is 12.0 Å². The number of amides is 1. The van der Waals surface area contributed by atoms with E-state index in [-0.39, 0.29) is 42.0 Å². The molecular weight excluding hydrogens is 451 g/mol. The minimum absolute atomic E-state index is 0.0225. The molecule has 29 heavy (non-hydrogen) atoms. The lowest BCUT2D eigenvalue weighted by Crippen LogP contribution is -2.32. The maximum absolute atomic E-state index is 12.5. The molecule has 0 radical (unpaired) electrons. The molecule has 1 unspecified atom stereocenters. The zero-order valence-corrected chi connectivity index (χ0v) is 17.8. The SMILES string of the molecule is CCN(C(=O)CC[S+]([O-])CCCC(F)(F)F)c1sc(-c2ccc[n+]([O-])c2)nc1Cl. The van der Waals surface area contributed by atoms with Crippen LogP contribution in [-0.2, 0) is 16.0 Å². The number of alkyl halides is 3. The van der Waals surface area contributed by atoms with Gasteiger partial charge < -0.3 is 14.7 Å². The standard InChI is InChI=1S/C17H19ClF3N3O3S2/c1-2-24(13(25)6-10-29(27)9-4-7-17(19,20)21)16-14(18)22-15(28-16)12-5-3-8-23(26)11-12/h3,5,8,11H,2,4,6-7,9-10H2,1H3. The number of aromatic nitrogens is 2. The van der Waals surface area contributed by atoms with Gasteiger partial charge in [0, 0.05) is 25.5 Å². The topological polar surface area (TPSA) is 83.2 Å². The van der Waals surface area contributed by atoms with Crippen LogP contribution in [0.2, 0.25) is 5.15 Å². The van der Waals surface area contributed by atoms with E-state index < -0.39 is 23.8 Å². The minimum atomic E-state index is -4.27. The molecule has 0 spiro atoms. The zero-order valence-electron chi connectivity index (χ0n) is 15.4. The summed E-state index contributed by atoms with van der Waals surface area (Å²) in [6, 6.07) is 3.25. The summed E-state index contributed by atoms with van der Waals surface area (Å²) >= 11 is 5.81. The Bertz CT molecular complexity index is 836. The number of nitrogens with zero attached hydrogens (tertiary/aromatic N) is 3. The maximum atomic E-state index is 12.5. The van der Waals surface area contributed by atoms with E-state index in [2.05, 4.69) is 4.98 Å². The number of anilines is 1. The fraction of sp³-hybridized carbons (Fsp3) is 0.471. The fourth-order valence-corrected chi connectivity index (χ4v) is 4.92. The summed E-state index contributed by atoms with van der Waals surface area (Å²) in [7, 11) is 0. The highest BCUT2D eigenvalue weighted by molar-refractivity contribution is 7.91. The first-order chi connectivity index (χ1) is 13.6. The van der Waals surface area contributed by atoms with Gasteiger partial charge in [0.25, 0.3) is 0 Å². The van der Waals surface area contributed by atoms with E-state index in [1.165, 1.54) is 17.3 Å². The Morgan fingerprint density at radius 2 is 2.14 bits per heavy atom. The van der Waals surface area contributed by atoms with Crippen molar-refractivity contribution in [1.82, 2.24) is 4.98 Å². The Balaban J connectivity index is 1.99. The van der Waals surface area contributed by atoms with Gasteiger partial charge in [-0.25, -0.2) is 4.98 Å². The van der Waals surface area contributed by atoms with Crippen molar-refractivity contribution >= 4 is 45.0 Å². The second-order valence-corrected chi connectivity index (χ2v) is 9.05. The quantitative estimate of drug-likeness (QED) is 0.316. The second-order valence-electron chi connectivity index (χ2n) is 6.02. The first-order valence-corrected chi connectivity index (χ1v) is 11.4. The van der Waals surface area contributed by atoms with Gasteiger partial charge in [-0.3, -0.25) is 4.79 Å². The monoisotopic (exact) mass is 469 g/mol. The van der Waals surface area contributed by atoms with Crippen LogP contribution in [0.4, 0.5) is 18.2 Å². The van der Waals surface area contributed by atoms with Crippen LogP contribution >= 0.6 is 22.9 Å². The molecule has 1 amide bonds. The van der Waals surface area contributed by atoms with Gasteiger partial charge in [0.15, 0.2) is 17.5 Å². The minimum Gasteiger partial charge on any atom is -0.619 e. The molecule has 0 aromatic carbocycles. The fourth-order valence-electron chi connectivity index (χ4n) is 2.47. The Morgan fingerprint density at radius 1 is 1.41 bits per heavy atom. The number of hydrogen-bond donors (Lipinski definition) is 0. The number of rotatable bonds is 9. The summed E-state index contributed by atoms with van der Waals surface area (Å²) in [4.78, 5) is 18.1. The van der Waals surface area contributed by atoms with Crippen molar-refractivity contribution in [3.63, 3.8) is 0 Å². The third kappa shape index (κ3) is 7.32. The van der Waals surface area contributed by atoms with Gasteiger partial charge >= 0.3 is 6.18 Å².